The lowest BCUT2D eigenvalue weighted by molar-refractivity contribution is -0.135. The summed E-state index contributed by atoms with van der Waals surface area (Å²) in [6.07, 6.45) is 1.11. The maximum absolute atomic E-state index is 12.8. The second-order valence-electron chi connectivity index (χ2n) is 6.30. The zero-order valence-electron chi connectivity index (χ0n) is 14.8. The van der Waals surface area contributed by atoms with Crippen molar-refractivity contribution < 1.29 is 13.2 Å². The Morgan fingerprint density at radius 3 is 2.50 bits per heavy atom. The Kier molecular flexibility index (Phi) is 6.00. The van der Waals surface area contributed by atoms with Gasteiger partial charge in [-0.15, -0.1) is 0 Å². The van der Waals surface area contributed by atoms with Gasteiger partial charge >= 0.3 is 0 Å². The third-order valence-electron chi connectivity index (χ3n) is 4.53. The Hall–Kier alpha value is -1.45. The van der Waals surface area contributed by atoms with Crippen molar-refractivity contribution in [3.63, 3.8) is 0 Å². The summed E-state index contributed by atoms with van der Waals surface area (Å²) in [4.78, 5) is 14.4. The van der Waals surface area contributed by atoms with Crippen LogP contribution < -0.4 is 5.32 Å². The van der Waals surface area contributed by atoms with E-state index in [2.05, 4.69) is 15.5 Å². The number of likely N-dealkylation sites (N-methyl/N-ethyl adjacent to an activating group) is 2. The number of aromatic nitrogens is 2. The molecule has 1 amide bonds. The quantitative estimate of drug-likeness (QED) is 0.753. The summed E-state index contributed by atoms with van der Waals surface area (Å²) in [6.45, 7) is 5.52. The molecule has 9 heteroatoms. The monoisotopic (exact) mass is 357 g/mol. The van der Waals surface area contributed by atoms with Gasteiger partial charge in [-0.3, -0.25) is 9.89 Å². The number of aromatic amines is 1. The molecule has 0 bridgehead atoms. The first kappa shape index (κ1) is 18.9. The van der Waals surface area contributed by atoms with Gasteiger partial charge < -0.3 is 10.2 Å². The number of piperidine rings is 1. The molecule has 0 radical (unpaired) electrons. The largest absolute Gasteiger partial charge is 0.344 e. The van der Waals surface area contributed by atoms with Crippen molar-refractivity contribution in [1.29, 1.82) is 0 Å². The van der Waals surface area contributed by atoms with Crippen molar-refractivity contribution in [2.24, 2.45) is 5.92 Å². The maximum Gasteiger partial charge on any atom is 0.246 e. The van der Waals surface area contributed by atoms with Gasteiger partial charge in [0.1, 0.15) is 4.90 Å². The fourth-order valence-electron chi connectivity index (χ4n) is 3.09. The van der Waals surface area contributed by atoms with E-state index in [0.29, 0.717) is 43.9 Å². The molecule has 1 aliphatic heterocycles. The number of nitrogens with one attached hydrogen (secondary N) is 2. The SMILES string of the molecule is CNCCN(C)C(=O)C1CCN(S(=O)(=O)c2c(C)n[nH]c2C)CC1. The fourth-order valence-corrected chi connectivity index (χ4v) is 4.90. The minimum Gasteiger partial charge on any atom is -0.344 e. The van der Waals surface area contributed by atoms with Crippen LogP contribution in [-0.2, 0) is 14.8 Å². The van der Waals surface area contributed by atoms with Crippen LogP contribution in [0.1, 0.15) is 24.2 Å². The highest BCUT2D eigenvalue weighted by Crippen LogP contribution is 2.27. The van der Waals surface area contributed by atoms with Gasteiger partial charge in [-0.05, 0) is 33.7 Å². The zero-order valence-corrected chi connectivity index (χ0v) is 15.6. The Bertz CT molecular complexity index is 658. The second-order valence-corrected chi connectivity index (χ2v) is 8.18. The molecule has 2 rings (SSSR count). The molecule has 24 heavy (non-hydrogen) atoms. The minimum atomic E-state index is -3.56. The van der Waals surface area contributed by atoms with Crippen LogP contribution in [0.4, 0.5) is 0 Å². The van der Waals surface area contributed by atoms with Gasteiger partial charge in [0.05, 0.1) is 11.4 Å². The van der Waals surface area contributed by atoms with Crippen molar-refractivity contribution in [3.05, 3.63) is 11.4 Å². The third kappa shape index (κ3) is 3.79. The van der Waals surface area contributed by atoms with E-state index in [1.54, 1.807) is 25.8 Å². The number of hydrogen-bond donors (Lipinski definition) is 2. The first-order valence-corrected chi connectivity index (χ1v) is 9.64. The van der Waals surface area contributed by atoms with Gasteiger partial charge in [-0.1, -0.05) is 0 Å². The molecule has 1 aliphatic rings. The minimum absolute atomic E-state index is 0.0953. The summed E-state index contributed by atoms with van der Waals surface area (Å²) in [6, 6.07) is 0. The summed E-state index contributed by atoms with van der Waals surface area (Å²) in [7, 11) is 0.0824. The number of aryl methyl sites for hydroxylation is 2. The van der Waals surface area contributed by atoms with Gasteiger partial charge in [0.25, 0.3) is 0 Å². The van der Waals surface area contributed by atoms with Gasteiger partial charge in [0.2, 0.25) is 15.9 Å². The van der Waals surface area contributed by atoms with Gasteiger partial charge in [-0.25, -0.2) is 8.42 Å². The highest BCUT2D eigenvalue weighted by molar-refractivity contribution is 7.89. The van der Waals surface area contributed by atoms with Crippen LogP contribution in [0.5, 0.6) is 0 Å². The van der Waals surface area contributed by atoms with Gasteiger partial charge in [-0.2, -0.15) is 9.40 Å². The van der Waals surface area contributed by atoms with Crippen LogP contribution in [0.25, 0.3) is 0 Å². The number of hydrogen-bond acceptors (Lipinski definition) is 5. The van der Waals surface area contributed by atoms with Crippen molar-refractivity contribution in [2.75, 3.05) is 40.3 Å². The number of sulfonamides is 1. The molecule has 0 unspecified atom stereocenters. The highest BCUT2D eigenvalue weighted by atomic mass is 32.2. The predicted octanol–water partition coefficient (Wildman–Crippen LogP) is 0.105. The van der Waals surface area contributed by atoms with E-state index in [1.807, 2.05) is 7.05 Å². The van der Waals surface area contributed by atoms with Crippen LogP contribution in [0, 0.1) is 19.8 Å². The van der Waals surface area contributed by atoms with E-state index in [0.717, 1.165) is 6.54 Å². The second kappa shape index (κ2) is 7.62. The van der Waals surface area contributed by atoms with E-state index in [4.69, 9.17) is 0 Å². The lowest BCUT2D eigenvalue weighted by Crippen LogP contribution is -2.44. The summed E-state index contributed by atoms with van der Waals surface area (Å²) in [5.74, 6) is -0.0113. The Morgan fingerprint density at radius 2 is 2.00 bits per heavy atom. The highest BCUT2D eigenvalue weighted by Gasteiger charge is 2.35. The summed E-state index contributed by atoms with van der Waals surface area (Å²) in [5.41, 5.74) is 1.04. The molecular formula is C15H27N5O3S. The maximum atomic E-state index is 12.8. The molecular weight excluding hydrogens is 330 g/mol. The number of nitrogens with zero attached hydrogens (tertiary/aromatic N) is 3. The molecule has 1 aromatic rings. The van der Waals surface area contributed by atoms with Crippen molar-refractivity contribution in [2.45, 2.75) is 31.6 Å². The Morgan fingerprint density at radius 1 is 1.38 bits per heavy atom. The van der Waals surface area contributed by atoms with E-state index in [9.17, 15) is 13.2 Å². The van der Waals surface area contributed by atoms with Crippen LogP contribution in [0.2, 0.25) is 0 Å². The molecule has 1 aromatic heterocycles. The topological polar surface area (TPSA) is 98.4 Å². The summed E-state index contributed by atoms with van der Waals surface area (Å²) >= 11 is 0. The first-order valence-electron chi connectivity index (χ1n) is 8.20. The van der Waals surface area contributed by atoms with Crippen molar-refractivity contribution >= 4 is 15.9 Å². The normalized spacial score (nSPS) is 17.2. The van der Waals surface area contributed by atoms with Crippen molar-refractivity contribution in [1.82, 2.24) is 24.7 Å². The molecule has 0 spiro atoms. The predicted molar refractivity (Wildman–Crippen MR) is 91.1 cm³/mol. The Balaban J connectivity index is 2.01. The molecule has 136 valence electrons. The van der Waals surface area contributed by atoms with E-state index < -0.39 is 10.0 Å². The molecule has 1 saturated heterocycles. The number of H-pyrrole nitrogens is 1. The number of amides is 1. The van der Waals surface area contributed by atoms with E-state index in [1.165, 1.54) is 4.31 Å². The van der Waals surface area contributed by atoms with Crippen LogP contribution in [0.15, 0.2) is 4.90 Å². The van der Waals surface area contributed by atoms with E-state index in [-0.39, 0.29) is 16.7 Å². The molecule has 0 aliphatic carbocycles. The molecule has 0 atom stereocenters. The lowest BCUT2D eigenvalue weighted by Gasteiger charge is -2.32. The molecule has 0 aromatic carbocycles. The zero-order chi connectivity index (χ0) is 17.9. The average Bonchev–Trinajstić information content (AvgIpc) is 2.91. The van der Waals surface area contributed by atoms with E-state index >= 15 is 0 Å². The molecule has 2 heterocycles. The Labute approximate surface area is 143 Å². The number of rotatable bonds is 6. The summed E-state index contributed by atoms with van der Waals surface area (Å²) < 4.78 is 27.1. The van der Waals surface area contributed by atoms with Crippen molar-refractivity contribution in [3.8, 4) is 0 Å². The van der Waals surface area contributed by atoms with Crippen LogP contribution in [-0.4, -0.2) is 74.0 Å². The lowest BCUT2D eigenvalue weighted by atomic mass is 9.97. The number of carbonyl (C=O) groups excluding carboxylic acids is 1. The smallest absolute Gasteiger partial charge is 0.246 e. The van der Waals surface area contributed by atoms with Crippen LogP contribution >= 0.6 is 0 Å². The van der Waals surface area contributed by atoms with Gasteiger partial charge in [0, 0.05) is 39.1 Å². The third-order valence-corrected chi connectivity index (χ3v) is 6.70. The first-order chi connectivity index (χ1) is 11.3. The number of carbonyl (C=O) groups is 1. The standard InChI is InChI=1S/C15H27N5O3S/c1-11-14(12(2)18-17-11)24(22,23)20-8-5-13(6-9-20)15(21)19(4)10-7-16-3/h13,16H,5-10H2,1-4H3,(H,17,18). The molecule has 8 nitrogen and oxygen atoms in total. The van der Waals surface area contributed by atoms with Gasteiger partial charge in [0.15, 0.2) is 0 Å². The molecule has 1 fully saturated rings. The summed E-state index contributed by atoms with van der Waals surface area (Å²) in [5, 5.41) is 9.71. The average molecular weight is 357 g/mol. The molecule has 0 saturated carbocycles. The fraction of sp³-hybridized carbons (Fsp3) is 0.733. The molecule has 2 N–H and O–H groups in total. The van der Waals surface area contributed by atoms with Crippen LogP contribution in [0.3, 0.4) is 0 Å².